The summed E-state index contributed by atoms with van der Waals surface area (Å²) in [5, 5.41) is 0.767. The van der Waals surface area contributed by atoms with Gasteiger partial charge in [0.1, 0.15) is 12.0 Å². The molecule has 1 saturated heterocycles. The second-order valence-corrected chi connectivity index (χ2v) is 6.50. The van der Waals surface area contributed by atoms with Gasteiger partial charge in [-0.25, -0.2) is 9.97 Å². The quantitative estimate of drug-likeness (QED) is 0.884. The third-order valence-corrected chi connectivity index (χ3v) is 4.89. The van der Waals surface area contributed by atoms with Gasteiger partial charge in [0.05, 0.1) is 0 Å². The molecule has 2 heterocycles. The summed E-state index contributed by atoms with van der Waals surface area (Å²) in [5.41, 5.74) is 8.22. The van der Waals surface area contributed by atoms with Crippen LogP contribution < -0.4 is 20.4 Å². The predicted molar refractivity (Wildman–Crippen MR) is 106 cm³/mol. The second kappa shape index (κ2) is 7.78. The fraction of sp³-hybridized carbons (Fsp3) is 0.444. The summed E-state index contributed by atoms with van der Waals surface area (Å²) >= 11 is 6.11. The van der Waals surface area contributed by atoms with Crippen molar-refractivity contribution in [2.45, 2.75) is 13.8 Å². The van der Waals surface area contributed by atoms with Crippen LogP contribution in [0.15, 0.2) is 30.6 Å². The Bertz CT molecular complexity index is 710. The molecule has 0 aliphatic carbocycles. The number of nitrogen functional groups attached to an aromatic ring is 1. The molecule has 0 unspecified atom stereocenters. The van der Waals surface area contributed by atoms with Gasteiger partial charge >= 0.3 is 0 Å². The van der Waals surface area contributed by atoms with Crippen LogP contribution in [0, 0.1) is 0 Å². The number of benzene rings is 1. The maximum atomic E-state index is 6.39. The minimum atomic E-state index is 0.669. The van der Waals surface area contributed by atoms with Crippen LogP contribution in [0.1, 0.15) is 13.8 Å². The van der Waals surface area contributed by atoms with Crippen molar-refractivity contribution in [3.05, 3.63) is 35.6 Å². The fourth-order valence-corrected chi connectivity index (χ4v) is 3.44. The molecule has 6 nitrogen and oxygen atoms in total. The van der Waals surface area contributed by atoms with Gasteiger partial charge in [0.25, 0.3) is 0 Å². The Morgan fingerprint density at radius 1 is 1.08 bits per heavy atom. The molecule has 0 radical (unpaired) electrons. The topological polar surface area (TPSA) is 61.5 Å². The second-order valence-electron chi connectivity index (χ2n) is 6.06. The third kappa shape index (κ3) is 3.74. The van der Waals surface area contributed by atoms with Gasteiger partial charge in [-0.1, -0.05) is 17.7 Å². The fourth-order valence-electron chi connectivity index (χ4n) is 3.25. The predicted octanol–water partition coefficient (Wildman–Crippen LogP) is 2.89. The van der Waals surface area contributed by atoms with Gasteiger partial charge in [0, 0.05) is 50.0 Å². The molecule has 1 aliphatic rings. The maximum Gasteiger partial charge on any atom is 0.157 e. The zero-order valence-electron chi connectivity index (χ0n) is 14.8. The number of nitrogens with two attached hydrogens (primary N) is 1. The van der Waals surface area contributed by atoms with E-state index in [-0.39, 0.29) is 0 Å². The van der Waals surface area contributed by atoms with E-state index >= 15 is 0 Å². The van der Waals surface area contributed by atoms with E-state index in [9.17, 15) is 0 Å². The van der Waals surface area contributed by atoms with Crippen LogP contribution in [0.5, 0.6) is 0 Å². The highest BCUT2D eigenvalue weighted by Gasteiger charge is 2.22. The van der Waals surface area contributed by atoms with Crippen LogP contribution in [0.25, 0.3) is 0 Å². The number of nitrogens with zero attached hydrogens (tertiary/aromatic N) is 5. The first-order chi connectivity index (χ1) is 12.1. The molecule has 0 atom stereocenters. The molecule has 25 heavy (non-hydrogen) atoms. The summed E-state index contributed by atoms with van der Waals surface area (Å²) in [6.07, 6.45) is 1.61. The molecular formula is C18H25ClN6. The lowest BCUT2D eigenvalue weighted by molar-refractivity contribution is 0.647. The van der Waals surface area contributed by atoms with E-state index < -0.39 is 0 Å². The summed E-state index contributed by atoms with van der Waals surface area (Å²) in [5.74, 6) is 1.66. The smallest absolute Gasteiger partial charge is 0.157 e. The summed E-state index contributed by atoms with van der Waals surface area (Å²) < 4.78 is 0. The molecule has 7 heteroatoms. The Balaban J connectivity index is 1.74. The van der Waals surface area contributed by atoms with Gasteiger partial charge in [0.2, 0.25) is 0 Å². The van der Waals surface area contributed by atoms with Crippen molar-refractivity contribution < 1.29 is 0 Å². The van der Waals surface area contributed by atoms with Crippen molar-refractivity contribution in [1.29, 1.82) is 0 Å². The molecule has 1 aromatic heterocycles. The molecule has 134 valence electrons. The Morgan fingerprint density at radius 2 is 1.76 bits per heavy atom. The van der Waals surface area contributed by atoms with Crippen LogP contribution in [-0.4, -0.2) is 49.2 Å². The number of rotatable bonds is 5. The molecule has 1 aromatic carbocycles. The number of piperazine rings is 1. The number of hydrogen-bond donors (Lipinski definition) is 1. The van der Waals surface area contributed by atoms with Crippen molar-refractivity contribution in [3.63, 3.8) is 0 Å². The third-order valence-electron chi connectivity index (χ3n) is 4.66. The standard InChI is InChI=1S/C18H25ClN6/c1-3-23(4-2)17-16(20)18(22-13-21-17)25-10-8-24(9-11-25)15-7-5-6-14(19)12-15/h5-7,12-13H,3-4,8-11,20H2,1-2H3. The van der Waals surface area contributed by atoms with Crippen molar-refractivity contribution in [2.75, 3.05) is 59.7 Å². The van der Waals surface area contributed by atoms with E-state index in [1.54, 1.807) is 6.33 Å². The number of anilines is 4. The number of hydrogen-bond acceptors (Lipinski definition) is 6. The molecule has 3 rings (SSSR count). The maximum absolute atomic E-state index is 6.39. The van der Waals surface area contributed by atoms with Crippen LogP contribution in [-0.2, 0) is 0 Å². The van der Waals surface area contributed by atoms with Gasteiger partial charge in [-0.3, -0.25) is 0 Å². The largest absolute Gasteiger partial charge is 0.393 e. The minimum absolute atomic E-state index is 0.669. The van der Waals surface area contributed by atoms with E-state index in [1.165, 1.54) is 0 Å². The van der Waals surface area contributed by atoms with E-state index in [0.717, 1.165) is 61.6 Å². The van der Waals surface area contributed by atoms with Gasteiger partial charge < -0.3 is 20.4 Å². The first-order valence-corrected chi connectivity index (χ1v) is 9.12. The summed E-state index contributed by atoms with van der Waals surface area (Å²) in [6.45, 7) is 9.51. The highest BCUT2D eigenvalue weighted by Crippen LogP contribution is 2.30. The van der Waals surface area contributed by atoms with Crippen molar-refractivity contribution in [1.82, 2.24) is 9.97 Å². The Kier molecular flexibility index (Phi) is 5.48. The Hall–Kier alpha value is -2.21. The monoisotopic (exact) mass is 360 g/mol. The van der Waals surface area contributed by atoms with Gasteiger partial charge in [-0.15, -0.1) is 0 Å². The number of aromatic nitrogens is 2. The summed E-state index contributed by atoms with van der Waals surface area (Å²) in [4.78, 5) is 15.6. The molecule has 1 fully saturated rings. The SMILES string of the molecule is CCN(CC)c1ncnc(N2CCN(c3cccc(Cl)c3)CC2)c1N. The average molecular weight is 361 g/mol. The lowest BCUT2D eigenvalue weighted by Gasteiger charge is -2.37. The lowest BCUT2D eigenvalue weighted by atomic mass is 10.2. The lowest BCUT2D eigenvalue weighted by Crippen LogP contribution is -2.47. The van der Waals surface area contributed by atoms with Crippen molar-refractivity contribution >= 4 is 34.6 Å². The first-order valence-electron chi connectivity index (χ1n) is 8.75. The molecule has 0 spiro atoms. The average Bonchev–Trinajstić information content (AvgIpc) is 2.64. The molecule has 0 saturated carbocycles. The van der Waals surface area contributed by atoms with Crippen LogP contribution >= 0.6 is 11.6 Å². The molecule has 0 amide bonds. The van der Waals surface area contributed by atoms with Crippen LogP contribution in [0.2, 0.25) is 5.02 Å². The first kappa shape index (κ1) is 17.6. The van der Waals surface area contributed by atoms with E-state index in [1.807, 2.05) is 18.2 Å². The molecule has 2 aromatic rings. The van der Waals surface area contributed by atoms with Crippen LogP contribution in [0.4, 0.5) is 23.0 Å². The molecule has 1 aliphatic heterocycles. The van der Waals surface area contributed by atoms with Gasteiger partial charge in [0.15, 0.2) is 11.6 Å². The normalized spacial score (nSPS) is 14.7. The summed E-state index contributed by atoms with van der Waals surface area (Å²) in [7, 11) is 0. The van der Waals surface area contributed by atoms with Gasteiger partial charge in [-0.05, 0) is 32.0 Å². The molecule has 0 bridgehead atoms. The minimum Gasteiger partial charge on any atom is -0.393 e. The zero-order valence-corrected chi connectivity index (χ0v) is 15.6. The van der Waals surface area contributed by atoms with Crippen molar-refractivity contribution in [3.8, 4) is 0 Å². The zero-order chi connectivity index (χ0) is 17.8. The summed E-state index contributed by atoms with van der Waals surface area (Å²) in [6, 6.07) is 7.99. The van der Waals surface area contributed by atoms with E-state index in [4.69, 9.17) is 17.3 Å². The van der Waals surface area contributed by atoms with E-state index in [2.05, 4.69) is 44.6 Å². The Morgan fingerprint density at radius 3 is 2.40 bits per heavy atom. The Labute approximate surface area is 154 Å². The van der Waals surface area contributed by atoms with Crippen molar-refractivity contribution in [2.24, 2.45) is 0 Å². The van der Waals surface area contributed by atoms with E-state index in [0.29, 0.717) is 5.69 Å². The number of halogens is 1. The molecule has 2 N–H and O–H groups in total. The highest BCUT2D eigenvalue weighted by atomic mass is 35.5. The molecular weight excluding hydrogens is 336 g/mol. The van der Waals surface area contributed by atoms with Gasteiger partial charge in [-0.2, -0.15) is 0 Å². The highest BCUT2D eigenvalue weighted by molar-refractivity contribution is 6.30. The van der Waals surface area contributed by atoms with Crippen LogP contribution in [0.3, 0.4) is 0 Å².